The van der Waals surface area contributed by atoms with Crippen molar-refractivity contribution in [1.29, 1.82) is 0 Å². The lowest BCUT2D eigenvalue weighted by molar-refractivity contribution is -0.137. The van der Waals surface area contributed by atoms with Crippen LogP contribution < -0.4 is 0 Å². The minimum atomic E-state index is -4.41. The Morgan fingerprint density at radius 3 is 2.62 bits per heavy atom. The van der Waals surface area contributed by atoms with Gasteiger partial charge in [0.15, 0.2) is 10.3 Å². The molecule has 0 spiro atoms. The Kier molecular flexibility index (Phi) is 3.70. The summed E-state index contributed by atoms with van der Waals surface area (Å²) in [4.78, 5) is 22.0. The van der Waals surface area contributed by atoms with Gasteiger partial charge < -0.3 is 0 Å². The molecule has 2 heterocycles. The van der Waals surface area contributed by atoms with E-state index >= 15 is 0 Å². The van der Waals surface area contributed by atoms with Crippen LogP contribution in [0, 0.1) is 0 Å². The molecule has 0 aliphatic carbocycles. The van der Waals surface area contributed by atoms with Crippen LogP contribution in [-0.2, 0) is 6.18 Å². The minimum absolute atomic E-state index is 0.130. The molecule has 0 unspecified atom stereocenters. The molecular formula is C12H8F3N3OS2. The van der Waals surface area contributed by atoms with Gasteiger partial charge in [-0.05, 0) is 45.9 Å². The third kappa shape index (κ3) is 2.93. The zero-order chi connectivity index (χ0) is 15.0. The molecule has 0 saturated carbocycles. The summed E-state index contributed by atoms with van der Waals surface area (Å²) in [6.45, 7) is 1.34. The number of nitrogens with zero attached hydrogens (tertiary/aromatic N) is 3. The summed E-state index contributed by atoms with van der Waals surface area (Å²) in [7, 11) is 2.75. The van der Waals surface area contributed by atoms with Crippen LogP contribution in [0.4, 0.5) is 13.2 Å². The predicted octanol–water partition coefficient (Wildman–Crippen LogP) is 3.27. The quantitative estimate of drug-likeness (QED) is 0.741. The van der Waals surface area contributed by atoms with Crippen LogP contribution in [0.2, 0.25) is 0 Å². The fourth-order valence-corrected chi connectivity index (χ4v) is 4.09. The zero-order valence-electron chi connectivity index (χ0n) is 10.4. The summed E-state index contributed by atoms with van der Waals surface area (Å²) >= 11 is 0. The van der Waals surface area contributed by atoms with Crippen molar-refractivity contribution in [3.63, 3.8) is 0 Å². The van der Waals surface area contributed by atoms with Crippen molar-refractivity contribution < 1.29 is 18.0 Å². The number of aliphatic imine (C=N–C) groups is 2. The van der Waals surface area contributed by atoms with Crippen LogP contribution in [0.1, 0.15) is 15.9 Å². The first-order valence-corrected chi connectivity index (χ1v) is 8.07. The van der Waals surface area contributed by atoms with Crippen LogP contribution >= 0.6 is 21.6 Å². The van der Waals surface area contributed by atoms with Gasteiger partial charge in [-0.15, -0.1) is 0 Å². The maximum atomic E-state index is 12.5. The van der Waals surface area contributed by atoms with Crippen LogP contribution in [0.3, 0.4) is 0 Å². The van der Waals surface area contributed by atoms with E-state index in [-0.39, 0.29) is 5.56 Å². The highest BCUT2D eigenvalue weighted by molar-refractivity contribution is 8.88. The van der Waals surface area contributed by atoms with E-state index in [0.29, 0.717) is 18.3 Å². The molecule has 3 rings (SSSR count). The maximum absolute atomic E-state index is 12.5. The summed E-state index contributed by atoms with van der Waals surface area (Å²) in [5.74, 6) is -0.556. The van der Waals surface area contributed by atoms with Crippen molar-refractivity contribution in [2.45, 2.75) is 6.18 Å². The summed E-state index contributed by atoms with van der Waals surface area (Å²) in [6.07, 6.45) is -4.41. The normalized spacial score (nSPS) is 19.9. The Morgan fingerprint density at radius 1 is 1.24 bits per heavy atom. The summed E-state index contributed by atoms with van der Waals surface area (Å²) < 4.78 is 37.4. The lowest BCUT2D eigenvalue weighted by Crippen LogP contribution is -2.26. The molecular weight excluding hydrogens is 323 g/mol. The van der Waals surface area contributed by atoms with Crippen molar-refractivity contribution in [1.82, 2.24) is 4.90 Å². The Hall–Kier alpha value is -1.48. The summed E-state index contributed by atoms with van der Waals surface area (Å²) in [6, 6.07) is 4.04. The van der Waals surface area contributed by atoms with Crippen molar-refractivity contribution in [3.8, 4) is 0 Å². The van der Waals surface area contributed by atoms with E-state index in [9.17, 15) is 18.0 Å². The van der Waals surface area contributed by atoms with Gasteiger partial charge in [0.1, 0.15) is 0 Å². The topological polar surface area (TPSA) is 45.0 Å². The number of hydrogen-bond donors (Lipinski definition) is 0. The summed E-state index contributed by atoms with van der Waals surface area (Å²) in [5.41, 5.74) is -0.655. The van der Waals surface area contributed by atoms with E-state index in [1.807, 2.05) is 4.90 Å². The largest absolute Gasteiger partial charge is 0.416 e. The first kappa shape index (κ1) is 14.5. The van der Waals surface area contributed by atoms with Gasteiger partial charge in [-0.1, -0.05) is 0 Å². The van der Waals surface area contributed by atoms with E-state index in [2.05, 4.69) is 9.98 Å². The number of amidine groups is 2. The highest BCUT2D eigenvalue weighted by Crippen LogP contribution is 2.38. The smallest absolute Gasteiger partial charge is 0.297 e. The Bertz CT molecular complexity index is 640. The Labute approximate surface area is 125 Å². The molecule has 1 aromatic carbocycles. The SMILES string of the molecule is O=C(/N=C1\SSC2=NCCN21)c1ccc(C(F)(F)F)cc1. The molecule has 4 nitrogen and oxygen atoms in total. The molecule has 0 N–H and O–H groups in total. The van der Waals surface area contributed by atoms with Crippen LogP contribution in [0.5, 0.6) is 0 Å². The Balaban J connectivity index is 1.78. The Morgan fingerprint density at radius 2 is 1.95 bits per heavy atom. The number of rotatable bonds is 1. The lowest BCUT2D eigenvalue weighted by Gasteiger charge is -2.09. The van der Waals surface area contributed by atoms with E-state index in [1.54, 1.807) is 0 Å². The molecule has 0 radical (unpaired) electrons. The third-order valence-corrected chi connectivity index (χ3v) is 5.07. The second-order valence-electron chi connectivity index (χ2n) is 4.26. The molecule has 1 amide bonds. The van der Waals surface area contributed by atoms with Gasteiger partial charge in [-0.25, -0.2) is 0 Å². The average molecular weight is 331 g/mol. The minimum Gasteiger partial charge on any atom is -0.297 e. The monoisotopic (exact) mass is 331 g/mol. The molecule has 0 bridgehead atoms. The number of carbonyl (C=O) groups excluding carboxylic acids is 1. The van der Waals surface area contributed by atoms with Crippen LogP contribution in [0.25, 0.3) is 0 Å². The first-order chi connectivity index (χ1) is 9.95. The highest BCUT2D eigenvalue weighted by Gasteiger charge is 2.32. The van der Waals surface area contributed by atoms with Crippen molar-refractivity contribution in [2.24, 2.45) is 9.98 Å². The maximum Gasteiger partial charge on any atom is 0.416 e. The molecule has 9 heteroatoms. The number of halogens is 3. The van der Waals surface area contributed by atoms with Gasteiger partial charge in [0.2, 0.25) is 0 Å². The molecule has 1 saturated heterocycles. The fourth-order valence-electron chi connectivity index (χ4n) is 1.83. The lowest BCUT2D eigenvalue weighted by atomic mass is 10.1. The van der Waals surface area contributed by atoms with Gasteiger partial charge in [0.05, 0.1) is 12.1 Å². The van der Waals surface area contributed by atoms with Crippen molar-refractivity contribution in [2.75, 3.05) is 13.1 Å². The molecule has 0 aromatic heterocycles. The van der Waals surface area contributed by atoms with Gasteiger partial charge in [0.25, 0.3) is 5.91 Å². The fraction of sp³-hybridized carbons (Fsp3) is 0.250. The number of fused-ring (bicyclic) bond motifs is 1. The van der Waals surface area contributed by atoms with Gasteiger partial charge in [-0.2, -0.15) is 18.2 Å². The second-order valence-corrected chi connectivity index (χ2v) is 6.32. The number of hydrogen-bond acceptors (Lipinski definition) is 4. The van der Waals surface area contributed by atoms with Crippen molar-refractivity contribution in [3.05, 3.63) is 35.4 Å². The average Bonchev–Trinajstić information content (AvgIpc) is 3.03. The standard InChI is InChI=1S/C12H8F3N3OS2/c13-12(14,15)8-3-1-7(2-4-8)9(19)17-11-18-6-5-16-10(18)20-21-11/h1-4H,5-6H2/b17-11-. The number of carbonyl (C=O) groups is 1. The summed E-state index contributed by atoms with van der Waals surface area (Å²) in [5, 5.41) is 1.35. The van der Waals surface area contributed by atoms with E-state index in [0.717, 1.165) is 29.4 Å². The number of alkyl halides is 3. The predicted molar refractivity (Wildman–Crippen MR) is 77.4 cm³/mol. The van der Waals surface area contributed by atoms with Crippen LogP contribution in [-0.4, -0.2) is 34.2 Å². The molecule has 110 valence electrons. The van der Waals surface area contributed by atoms with E-state index < -0.39 is 17.6 Å². The highest BCUT2D eigenvalue weighted by atomic mass is 33.1. The molecule has 1 aromatic rings. The molecule has 21 heavy (non-hydrogen) atoms. The number of benzene rings is 1. The number of amides is 1. The van der Waals surface area contributed by atoms with Crippen molar-refractivity contribution >= 4 is 37.8 Å². The molecule has 0 atom stereocenters. The van der Waals surface area contributed by atoms with Crippen LogP contribution in [0.15, 0.2) is 34.3 Å². The zero-order valence-corrected chi connectivity index (χ0v) is 12.1. The second kappa shape index (κ2) is 5.38. The third-order valence-electron chi connectivity index (χ3n) is 2.88. The van der Waals surface area contributed by atoms with E-state index in [4.69, 9.17) is 0 Å². The molecule has 1 fully saturated rings. The molecule has 2 aliphatic rings. The molecule has 2 aliphatic heterocycles. The van der Waals surface area contributed by atoms with Gasteiger partial charge in [-0.3, -0.25) is 14.7 Å². The van der Waals surface area contributed by atoms with Gasteiger partial charge in [0, 0.05) is 12.1 Å². The first-order valence-electron chi connectivity index (χ1n) is 5.92. The van der Waals surface area contributed by atoms with E-state index in [1.165, 1.54) is 21.6 Å². The van der Waals surface area contributed by atoms with Gasteiger partial charge >= 0.3 is 6.18 Å².